The number of carbonyl (C=O) groups is 1. The molecule has 1 aliphatic rings. The Bertz CT molecular complexity index is 924. The molecule has 5 nitrogen and oxygen atoms in total. The van der Waals surface area contributed by atoms with Gasteiger partial charge in [-0.2, -0.15) is 0 Å². The molecule has 2 N–H and O–H groups in total. The molecule has 1 atom stereocenters. The minimum Gasteiger partial charge on any atom is -0.489 e. The monoisotopic (exact) mass is 365 g/mol. The highest BCUT2D eigenvalue weighted by atomic mass is 32.1. The van der Waals surface area contributed by atoms with Crippen LogP contribution in [0.2, 0.25) is 0 Å². The number of nitrogens with one attached hydrogen (secondary N) is 2. The van der Waals surface area contributed by atoms with E-state index >= 15 is 0 Å². The van der Waals surface area contributed by atoms with Crippen LogP contribution in [0.5, 0.6) is 5.75 Å². The summed E-state index contributed by atoms with van der Waals surface area (Å²) in [5.41, 5.74) is 2.13. The highest BCUT2D eigenvalue weighted by Gasteiger charge is 2.31. The molecular weight excluding hydrogens is 346 g/mol. The van der Waals surface area contributed by atoms with Gasteiger partial charge in [0.25, 0.3) is 0 Å². The van der Waals surface area contributed by atoms with E-state index in [1.165, 1.54) is 0 Å². The minimum atomic E-state index is -0.0506. The maximum absolute atomic E-state index is 12.2. The van der Waals surface area contributed by atoms with Crippen molar-refractivity contribution in [2.24, 2.45) is 0 Å². The lowest BCUT2D eigenvalue weighted by Gasteiger charge is -2.23. The summed E-state index contributed by atoms with van der Waals surface area (Å²) in [5.74, 6) is 1.39. The maximum Gasteiger partial charge on any atom is 0.226 e. The Morgan fingerprint density at radius 1 is 1.19 bits per heavy atom. The van der Waals surface area contributed by atoms with Crippen molar-refractivity contribution in [3.05, 3.63) is 70.6 Å². The van der Waals surface area contributed by atoms with Crippen LogP contribution in [0.15, 0.2) is 54.6 Å². The second kappa shape index (κ2) is 7.17. The van der Waals surface area contributed by atoms with Crippen molar-refractivity contribution in [1.29, 1.82) is 0 Å². The lowest BCUT2D eigenvalue weighted by Crippen LogP contribution is -2.23. The first kappa shape index (κ1) is 16.6. The van der Waals surface area contributed by atoms with Crippen molar-refractivity contribution >= 4 is 28.2 Å². The van der Waals surface area contributed by atoms with Gasteiger partial charge in [0.1, 0.15) is 18.2 Å². The standard InChI is InChI=1S/C20H19N3O2S/c1-21-20-23-19-18(26-20)15(11-17(24)22-19)14-9-5-6-10-16(14)25-12-13-7-3-2-4-8-13/h2-10,15H,11-12H2,1H3,(H,21,23)(H,22,24). The highest BCUT2D eigenvalue weighted by Crippen LogP contribution is 2.44. The number of thiazole rings is 1. The molecule has 0 aliphatic carbocycles. The van der Waals surface area contributed by atoms with E-state index in [9.17, 15) is 4.79 Å². The van der Waals surface area contributed by atoms with E-state index in [0.717, 1.165) is 26.9 Å². The second-order valence-corrected chi connectivity index (χ2v) is 7.13. The lowest BCUT2D eigenvalue weighted by atomic mass is 9.91. The van der Waals surface area contributed by atoms with E-state index in [2.05, 4.69) is 15.6 Å². The molecule has 1 aliphatic heterocycles. The Labute approximate surface area is 156 Å². The van der Waals surface area contributed by atoms with Gasteiger partial charge in [-0.3, -0.25) is 4.79 Å². The number of para-hydroxylation sites is 1. The summed E-state index contributed by atoms with van der Waals surface area (Å²) in [6.07, 6.45) is 0.393. The van der Waals surface area contributed by atoms with Gasteiger partial charge in [-0.1, -0.05) is 59.9 Å². The van der Waals surface area contributed by atoms with Gasteiger partial charge in [0.15, 0.2) is 5.13 Å². The summed E-state index contributed by atoms with van der Waals surface area (Å²) < 4.78 is 6.10. The number of carbonyl (C=O) groups excluding carboxylic acids is 1. The van der Waals surface area contributed by atoms with Gasteiger partial charge >= 0.3 is 0 Å². The molecule has 0 spiro atoms. The Hall–Kier alpha value is -2.86. The molecule has 132 valence electrons. The van der Waals surface area contributed by atoms with E-state index in [-0.39, 0.29) is 11.8 Å². The molecule has 0 saturated carbocycles. The zero-order valence-electron chi connectivity index (χ0n) is 14.4. The van der Waals surface area contributed by atoms with Crippen molar-refractivity contribution in [3.63, 3.8) is 0 Å². The largest absolute Gasteiger partial charge is 0.489 e. The number of nitrogens with zero attached hydrogens (tertiary/aromatic N) is 1. The zero-order valence-corrected chi connectivity index (χ0v) is 15.2. The second-order valence-electron chi connectivity index (χ2n) is 6.10. The molecule has 3 aromatic rings. The molecule has 4 rings (SSSR count). The zero-order chi connectivity index (χ0) is 17.9. The number of fused-ring (bicyclic) bond motifs is 1. The van der Waals surface area contributed by atoms with Gasteiger partial charge in [0, 0.05) is 24.9 Å². The summed E-state index contributed by atoms with van der Waals surface area (Å²) in [5, 5.41) is 6.72. The lowest BCUT2D eigenvalue weighted by molar-refractivity contribution is -0.116. The van der Waals surface area contributed by atoms with Crippen molar-refractivity contribution in [3.8, 4) is 5.75 Å². The molecule has 26 heavy (non-hydrogen) atoms. The number of ether oxygens (including phenoxy) is 1. The normalized spacial score (nSPS) is 15.9. The average Bonchev–Trinajstić information content (AvgIpc) is 3.10. The van der Waals surface area contributed by atoms with Crippen LogP contribution in [0, 0.1) is 0 Å². The molecule has 6 heteroatoms. The van der Waals surface area contributed by atoms with E-state index in [4.69, 9.17) is 4.74 Å². The fourth-order valence-corrected chi connectivity index (χ4v) is 4.11. The number of hydrogen-bond acceptors (Lipinski definition) is 5. The highest BCUT2D eigenvalue weighted by molar-refractivity contribution is 7.16. The third kappa shape index (κ3) is 3.28. The number of anilines is 2. The molecule has 1 amide bonds. The summed E-state index contributed by atoms with van der Waals surface area (Å²) in [6.45, 7) is 0.494. The maximum atomic E-state index is 12.2. The Morgan fingerprint density at radius 2 is 1.96 bits per heavy atom. The van der Waals surface area contributed by atoms with Gasteiger partial charge in [0.05, 0.1) is 4.88 Å². The van der Waals surface area contributed by atoms with Crippen LogP contribution in [-0.4, -0.2) is 17.9 Å². The summed E-state index contributed by atoms with van der Waals surface area (Å²) >= 11 is 1.57. The molecule has 2 aromatic carbocycles. The first-order valence-electron chi connectivity index (χ1n) is 8.48. The van der Waals surface area contributed by atoms with Crippen molar-refractivity contribution in [2.75, 3.05) is 17.7 Å². The van der Waals surface area contributed by atoms with Crippen LogP contribution < -0.4 is 15.4 Å². The van der Waals surface area contributed by atoms with Gasteiger partial charge in [-0.25, -0.2) is 4.98 Å². The minimum absolute atomic E-state index is 0.0201. The van der Waals surface area contributed by atoms with E-state index in [1.54, 1.807) is 11.3 Å². The fraction of sp³-hybridized carbons (Fsp3) is 0.200. The fourth-order valence-electron chi connectivity index (χ4n) is 3.11. The molecule has 1 unspecified atom stereocenters. The third-order valence-corrected chi connectivity index (χ3v) is 5.55. The first-order valence-corrected chi connectivity index (χ1v) is 9.30. The molecular formula is C20H19N3O2S. The van der Waals surface area contributed by atoms with Gasteiger partial charge in [-0.05, 0) is 11.6 Å². The summed E-state index contributed by atoms with van der Waals surface area (Å²) in [7, 11) is 1.83. The SMILES string of the molecule is CNc1nc2c(s1)C(c1ccccc1OCc1ccccc1)CC(=O)N2. The van der Waals surface area contributed by atoms with Gasteiger partial charge in [-0.15, -0.1) is 0 Å². The van der Waals surface area contributed by atoms with Gasteiger partial charge < -0.3 is 15.4 Å². The molecule has 0 radical (unpaired) electrons. The molecule has 0 bridgehead atoms. The van der Waals surface area contributed by atoms with E-state index < -0.39 is 0 Å². The Balaban J connectivity index is 1.66. The van der Waals surface area contributed by atoms with Crippen molar-refractivity contribution in [1.82, 2.24) is 4.98 Å². The molecule has 0 saturated heterocycles. The summed E-state index contributed by atoms with van der Waals surface area (Å²) in [6, 6.07) is 18.0. The van der Waals surface area contributed by atoms with Crippen molar-refractivity contribution in [2.45, 2.75) is 18.9 Å². The third-order valence-electron chi connectivity index (χ3n) is 4.36. The number of aromatic nitrogens is 1. The molecule has 2 heterocycles. The van der Waals surface area contributed by atoms with Crippen molar-refractivity contribution < 1.29 is 9.53 Å². The molecule has 1 aromatic heterocycles. The number of hydrogen-bond donors (Lipinski definition) is 2. The van der Waals surface area contributed by atoms with Crippen LogP contribution in [-0.2, 0) is 11.4 Å². The summed E-state index contributed by atoms with van der Waals surface area (Å²) in [4.78, 5) is 17.7. The number of benzene rings is 2. The predicted octanol–water partition coefficient (Wildman–Crippen LogP) is 4.24. The van der Waals surface area contributed by atoms with Crippen LogP contribution in [0.25, 0.3) is 0 Å². The smallest absolute Gasteiger partial charge is 0.226 e. The quantitative estimate of drug-likeness (QED) is 0.710. The van der Waals surface area contributed by atoms with E-state index in [0.29, 0.717) is 18.8 Å². The van der Waals surface area contributed by atoms with Gasteiger partial charge in [0.2, 0.25) is 5.91 Å². The Morgan fingerprint density at radius 3 is 2.77 bits per heavy atom. The van der Waals surface area contributed by atoms with Crippen LogP contribution in [0.3, 0.4) is 0 Å². The average molecular weight is 365 g/mol. The number of amides is 1. The molecule has 0 fully saturated rings. The number of rotatable bonds is 5. The van der Waals surface area contributed by atoms with Crippen LogP contribution in [0.1, 0.15) is 28.3 Å². The Kier molecular flexibility index (Phi) is 4.58. The predicted molar refractivity (Wildman–Crippen MR) is 104 cm³/mol. The van der Waals surface area contributed by atoms with Crippen LogP contribution in [0.4, 0.5) is 10.9 Å². The van der Waals surface area contributed by atoms with E-state index in [1.807, 2.05) is 61.6 Å². The first-order chi connectivity index (χ1) is 12.7. The van der Waals surface area contributed by atoms with Crippen LogP contribution >= 0.6 is 11.3 Å². The topological polar surface area (TPSA) is 63.3 Å².